The van der Waals surface area contributed by atoms with E-state index < -0.39 is 11.7 Å². The molecule has 2 heterocycles. The van der Waals surface area contributed by atoms with Gasteiger partial charge in [0.15, 0.2) is 17.3 Å². The van der Waals surface area contributed by atoms with E-state index in [4.69, 9.17) is 14.2 Å². The van der Waals surface area contributed by atoms with E-state index in [-0.39, 0.29) is 48.9 Å². The van der Waals surface area contributed by atoms with Crippen LogP contribution in [-0.4, -0.2) is 49.3 Å². The number of hydrogen-bond donors (Lipinski definition) is 0. The first-order valence-electron chi connectivity index (χ1n) is 11.4. The van der Waals surface area contributed by atoms with Crippen LogP contribution in [0.2, 0.25) is 0 Å². The van der Waals surface area contributed by atoms with Crippen LogP contribution in [0, 0.1) is 11.7 Å². The first-order valence-corrected chi connectivity index (χ1v) is 11.4. The summed E-state index contributed by atoms with van der Waals surface area (Å²) in [6, 6.07) is 2.02. The van der Waals surface area contributed by atoms with Crippen LogP contribution in [0.5, 0.6) is 11.5 Å². The van der Waals surface area contributed by atoms with Gasteiger partial charge in [0, 0.05) is 32.0 Å². The van der Waals surface area contributed by atoms with Gasteiger partial charge in [-0.15, -0.1) is 0 Å². The van der Waals surface area contributed by atoms with E-state index in [1.165, 1.54) is 7.11 Å². The predicted molar refractivity (Wildman–Crippen MR) is 113 cm³/mol. The number of methoxy groups -OCH3 is 1. The second-order valence-corrected chi connectivity index (χ2v) is 10.3. The highest BCUT2D eigenvalue weighted by Gasteiger charge is 2.40. The van der Waals surface area contributed by atoms with Crippen molar-refractivity contribution in [1.29, 1.82) is 0 Å². The quantitative estimate of drug-likeness (QED) is 0.602. The number of alkyl halides is 2. The van der Waals surface area contributed by atoms with Gasteiger partial charge in [-0.25, -0.2) is 13.2 Å². The van der Waals surface area contributed by atoms with Gasteiger partial charge in [-0.1, -0.05) is 0 Å². The van der Waals surface area contributed by atoms with E-state index >= 15 is 4.39 Å². The van der Waals surface area contributed by atoms with Crippen molar-refractivity contribution in [2.75, 3.05) is 26.8 Å². The number of fused-ring (bicyclic) bond motifs is 3. The van der Waals surface area contributed by atoms with Crippen LogP contribution in [0.25, 0.3) is 0 Å². The lowest BCUT2D eigenvalue weighted by Gasteiger charge is -2.45. The summed E-state index contributed by atoms with van der Waals surface area (Å²) in [6.07, 6.45) is 2.66. The van der Waals surface area contributed by atoms with Crippen LogP contribution in [-0.2, 0) is 11.2 Å². The molecule has 0 radical (unpaired) electrons. The van der Waals surface area contributed by atoms with Crippen molar-refractivity contribution in [3.63, 3.8) is 0 Å². The number of rotatable bonds is 5. The maximum atomic E-state index is 15.5. The Bertz CT molecular complexity index is 808. The molecule has 4 rings (SSSR count). The zero-order chi connectivity index (χ0) is 22.4. The van der Waals surface area contributed by atoms with Crippen LogP contribution >= 0.6 is 0 Å². The second kappa shape index (κ2) is 8.47. The maximum absolute atomic E-state index is 15.5. The summed E-state index contributed by atoms with van der Waals surface area (Å²) < 4.78 is 59.8. The van der Waals surface area contributed by atoms with Crippen LogP contribution < -0.4 is 9.47 Å². The molecule has 1 aromatic carbocycles. The van der Waals surface area contributed by atoms with E-state index in [0.717, 1.165) is 31.5 Å². The number of hydrogen-bond acceptors (Lipinski definition) is 4. The summed E-state index contributed by atoms with van der Waals surface area (Å²) in [6.45, 7) is 7.89. The summed E-state index contributed by atoms with van der Waals surface area (Å²) in [5, 5.41) is 0. The van der Waals surface area contributed by atoms with Gasteiger partial charge in [0.25, 0.3) is 0 Å². The number of nitrogens with zero attached hydrogens (tertiary/aromatic N) is 1. The van der Waals surface area contributed by atoms with Crippen LogP contribution in [0.15, 0.2) is 6.07 Å². The van der Waals surface area contributed by atoms with Crippen molar-refractivity contribution in [3.05, 3.63) is 23.0 Å². The van der Waals surface area contributed by atoms with Gasteiger partial charge in [-0.3, -0.25) is 4.90 Å². The molecule has 4 nitrogen and oxygen atoms in total. The van der Waals surface area contributed by atoms with Crippen molar-refractivity contribution in [3.8, 4) is 11.5 Å². The van der Waals surface area contributed by atoms with E-state index in [9.17, 15) is 8.78 Å². The molecule has 174 valence electrons. The van der Waals surface area contributed by atoms with Gasteiger partial charge in [0.2, 0.25) is 5.92 Å². The highest BCUT2D eigenvalue weighted by Crippen LogP contribution is 2.45. The molecule has 0 N–H and O–H groups in total. The summed E-state index contributed by atoms with van der Waals surface area (Å²) >= 11 is 0. The second-order valence-electron chi connectivity index (χ2n) is 10.3. The first kappa shape index (κ1) is 22.7. The molecule has 2 fully saturated rings. The average Bonchev–Trinajstić information content (AvgIpc) is 3.04. The molecule has 3 atom stereocenters. The normalized spacial score (nSPS) is 28.2. The Balaban J connectivity index is 1.51. The summed E-state index contributed by atoms with van der Waals surface area (Å²) in [4.78, 5) is 2.38. The highest BCUT2D eigenvalue weighted by molar-refractivity contribution is 5.51. The van der Waals surface area contributed by atoms with Crippen molar-refractivity contribution in [2.45, 2.75) is 83.0 Å². The molecule has 0 aromatic heterocycles. The summed E-state index contributed by atoms with van der Waals surface area (Å²) in [7, 11) is 1.49. The fraction of sp³-hybridized carbons (Fsp3) is 0.750. The molecule has 1 saturated heterocycles. The fourth-order valence-electron chi connectivity index (χ4n) is 5.35. The van der Waals surface area contributed by atoms with Gasteiger partial charge in [-0.05, 0) is 69.6 Å². The lowest BCUT2D eigenvalue weighted by molar-refractivity contribution is -0.0972. The van der Waals surface area contributed by atoms with Crippen molar-refractivity contribution in [2.24, 2.45) is 5.92 Å². The standard InChI is InChI=1S/C24H34F3NO3/c1-23(2,3)31-16-5-6-19-18-11-20(29-4)22(21(25)17(18)8-10-28(19)13-16)30-14-15-7-9-24(26,27)12-15/h11,15-16,19H,5-10,12-14H2,1-4H3. The fourth-order valence-corrected chi connectivity index (χ4v) is 5.35. The predicted octanol–water partition coefficient (Wildman–Crippen LogP) is 5.53. The molecule has 7 heteroatoms. The zero-order valence-electron chi connectivity index (χ0n) is 19.0. The van der Waals surface area contributed by atoms with Gasteiger partial charge >= 0.3 is 0 Å². The molecule has 1 aromatic rings. The third-order valence-corrected chi connectivity index (χ3v) is 6.68. The average molecular weight is 442 g/mol. The summed E-state index contributed by atoms with van der Waals surface area (Å²) in [5.41, 5.74) is 1.44. The molecule has 3 unspecified atom stereocenters. The maximum Gasteiger partial charge on any atom is 0.248 e. The SMILES string of the molecule is COc1cc2c(c(F)c1OCC1CCC(F)(F)C1)CCN1CC(OC(C)(C)C)CCC21. The van der Waals surface area contributed by atoms with E-state index in [1.807, 2.05) is 6.07 Å². The minimum atomic E-state index is -2.63. The zero-order valence-corrected chi connectivity index (χ0v) is 19.0. The largest absolute Gasteiger partial charge is 0.493 e. The molecule has 0 amide bonds. The van der Waals surface area contributed by atoms with E-state index in [1.54, 1.807) is 0 Å². The Labute approximate surface area is 183 Å². The van der Waals surface area contributed by atoms with E-state index in [0.29, 0.717) is 24.2 Å². The van der Waals surface area contributed by atoms with Crippen LogP contribution in [0.3, 0.4) is 0 Å². The molecule has 31 heavy (non-hydrogen) atoms. The van der Waals surface area contributed by atoms with Crippen LogP contribution in [0.1, 0.15) is 70.0 Å². The van der Waals surface area contributed by atoms with E-state index in [2.05, 4.69) is 25.7 Å². The van der Waals surface area contributed by atoms with Crippen molar-refractivity contribution in [1.82, 2.24) is 4.90 Å². The Hall–Kier alpha value is -1.47. The Morgan fingerprint density at radius 3 is 2.61 bits per heavy atom. The lowest BCUT2D eigenvalue weighted by atomic mass is 9.85. The number of piperidine rings is 1. The third-order valence-electron chi connectivity index (χ3n) is 6.68. The van der Waals surface area contributed by atoms with Gasteiger partial charge in [0.05, 0.1) is 25.4 Å². The molecule has 0 bridgehead atoms. The number of halogens is 3. The molecule has 1 aliphatic carbocycles. The minimum absolute atomic E-state index is 0.0645. The molecule has 2 aliphatic heterocycles. The Morgan fingerprint density at radius 1 is 1.19 bits per heavy atom. The van der Waals surface area contributed by atoms with Crippen molar-refractivity contribution < 1.29 is 27.4 Å². The summed E-state index contributed by atoms with van der Waals surface area (Å²) in [5.74, 6) is -2.88. The molecule has 0 spiro atoms. The van der Waals surface area contributed by atoms with Crippen LogP contribution in [0.4, 0.5) is 13.2 Å². The topological polar surface area (TPSA) is 30.9 Å². The Kier molecular flexibility index (Phi) is 6.21. The van der Waals surface area contributed by atoms with Gasteiger partial charge < -0.3 is 14.2 Å². The lowest BCUT2D eigenvalue weighted by Crippen LogP contribution is -2.47. The van der Waals surface area contributed by atoms with Gasteiger partial charge in [0.1, 0.15) is 0 Å². The smallest absolute Gasteiger partial charge is 0.248 e. The van der Waals surface area contributed by atoms with Gasteiger partial charge in [-0.2, -0.15) is 0 Å². The molecule has 3 aliphatic rings. The number of benzene rings is 1. The monoisotopic (exact) mass is 441 g/mol. The van der Waals surface area contributed by atoms with Crippen molar-refractivity contribution >= 4 is 0 Å². The third kappa shape index (κ3) is 4.98. The molecular formula is C24H34F3NO3. The highest BCUT2D eigenvalue weighted by atomic mass is 19.3. The minimum Gasteiger partial charge on any atom is -0.493 e. The first-order chi connectivity index (χ1) is 14.6. The Morgan fingerprint density at radius 2 is 1.97 bits per heavy atom. The number of ether oxygens (including phenoxy) is 3. The molecule has 1 saturated carbocycles. The molecular weight excluding hydrogens is 407 g/mol.